The van der Waals surface area contributed by atoms with E-state index < -0.39 is 0 Å². The first-order chi connectivity index (χ1) is 8.79. The van der Waals surface area contributed by atoms with Gasteiger partial charge in [0, 0.05) is 16.9 Å². The van der Waals surface area contributed by atoms with Gasteiger partial charge in [0.05, 0.1) is 13.2 Å². The third-order valence-electron chi connectivity index (χ3n) is 3.08. The second-order valence-corrected chi connectivity index (χ2v) is 5.31. The number of hydrogen-bond donors (Lipinski definition) is 1. The van der Waals surface area contributed by atoms with Crippen molar-refractivity contribution in [2.75, 3.05) is 19.8 Å². The summed E-state index contributed by atoms with van der Waals surface area (Å²) in [5.74, 6) is 0. The fourth-order valence-electron chi connectivity index (χ4n) is 2.23. The Morgan fingerprint density at radius 3 is 2.72 bits per heavy atom. The van der Waals surface area contributed by atoms with Gasteiger partial charge in [0.25, 0.3) is 0 Å². The Bertz CT molecular complexity index is 367. The van der Waals surface area contributed by atoms with Crippen molar-refractivity contribution in [3.8, 4) is 0 Å². The smallest absolute Gasteiger partial charge is 0.159 e. The number of nitrogens with one attached hydrogen (secondary N) is 1. The second kappa shape index (κ2) is 7.24. The van der Waals surface area contributed by atoms with Crippen LogP contribution in [0.3, 0.4) is 0 Å². The summed E-state index contributed by atoms with van der Waals surface area (Å²) in [5, 5.41) is 3.50. The van der Waals surface area contributed by atoms with E-state index in [9.17, 15) is 0 Å². The normalized spacial score (nSPS) is 18.1. The number of likely N-dealkylation sites (N-methyl/N-ethyl adjacent to an activating group) is 1. The van der Waals surface area contributed by atoms with Crippen LogP contribution in [0.4, 0.5) is 0 Å². The molecular weight excluding hydrogens is 294 g/mol. The number of halogens is 1. The van der Waals surface area contributed by atoms with E-state index in [0.29, 0.717) is 6.04 Å². The molecule has 2 rings (SSSR count). The molecule has 0 saturated carbocycles. The highest BCUT2D eigenvalue weighted by Gasteiger charge is 2.21. The lowest BCUT2D eigenvalue weighted by Crippen LogP contribution is -2.34. The van der Waals surface area contributed by atoms with E-state index in [1.807, 2.05) is 6.07 Å². The first-order valence-electron chi connectivity index (χ1n) is 6.49. The van der Waals surface area contributed by atoms with Gasteiger partial charge in [-0.3, -0.25) is 0 Å². The van der Waals surface area contributed by atoms with Crippen LogP contribution in [-0.4, -0.2) is 32.1 Å². The Hall–Kier alpha value is -0.420. The minimum absolute atomic E-state index is 0.0449. The lowest BCUT2D eigenvalue weighted by atomic mass is 10.0. The fraction of sp³-hybridized carbons (Fsp3) is 0.571. The molecule has 1 aliphatic rings. The van der Waals surface area contributed by atoms with Crippen LogP contribution in [0.5, 0.6) is 0 Å². The molecule has 1 atom stereocenters. The third-order valence-corrected chi connectivity index (χ3v) is 3.86. The summed E-state index contributed by atoms with van der Waals surface area (Å²) in [5.41, 5.74) is 1.32. The van der Waals surface area contributed by atoms with Crippen LogP contribution in [0, 0.1) is 0 Å². The molecule has 0 bridgehead atoms. The lowest BCUT2D eigenvalue weighted by Gasteiger charge is -2.21. The van der Waals surface area contributed by atoms with Crippen LogP contribution in [0.2, 0.25) is 0 Å². The second-order valence-electron chi connectivity index (χ2n) is 4.46. The molecule has 1 heterocycles. The molecule has 1 unspecified atom stereocenters. The fourth-order valence-corrected chi connectivity index (χ4v) is 2.68. The zero-order valence-electron chi connectivity index (χ0n) is 10.7. The van der Waals surface area contributed by atoms with Crippen molar-refractivity contribution in [1.29, 1.82) is 0 Å². The summed E-state index contributed by atoms with van der Waals surface area (Å²) < 4.78 is 12.2. The Labute approximate surface area is 117 Å². The summed E-state index contributed by atoms with van der Waals surface area (Å²) in [4.78, 5) is 0. The van der Waals surface area contributed by atoms with Gasteiger partial charge < -0.3 is 14.8 Å². The minimum Gasteiger partial charge on any atom is -0.350 e. The monoisotopic (exact) mass is 313 g/mol. The van der Waals surface area contributed by atoms with Crippen LogP contribution in [-0.2, 0) is 15.9 Å². The van der Waals surface area contributed by atoms with Gasteiger partial charge in [-0.05, 0) is 24.6 Å². The van der Waals surface area contributed by atoms with Crippen LogP contribution < -0.4 is 5.32 Å². The van der Waals surface area contributed by atoms with Crippen LogP contribution in [0.1, 0.15) is 18.9 Å². The van der Waals surface area contributed by atoms with Crippen molar-refractivity contribution in [1.82, 2.24) is 5.32 Å². The van der Waals surface area contributed by atoms with Crippen molar-refractivity contribution in [2.24, 2.45) is 0 Å². The predicted octanol–water partition coefficient (Wildman–Crippen LogP) is 2.73. The SMILES string of the molecule is CCNC(Cc1ccccc1Br)CC1OCCO1. The van der Waals surface area contributed by atoms with Gasteiger partial charge in [-0.15, -0.1) is 0 Å². The molecule has 3 nitrogen and oxygen atoms in total. The van der Waals surface area contributed by atoms with Crippen molar-refractivity contribution in [3.05, 3.63) is 34.3 Å². The maximum Gasteiger partial charge on any atom is 0.159 e. The highest BCUT2D eigenvalue weighted by molar-refractivity contribution is 9.10. The molecule has 18 heavy (non-hydrogen) atoms. The van der Waals surface area contributed by atoms with Gasteiger partial charge in [0.1, 0.15) is 0 Å². The predicted molar refractivity (Wildman–Crippen MR) is 75.6 cm³/mol. The maximum atomic E-state index is 5.52. The van der Waals surface area contributed by atoms with Gasteiger partial charge in [0.2, 0.25) is 0 Å². The molecule has 1 aromatic rings. The molecule has 0 radical (unpaired) electrons. The van der Waals surface area contributed by atoms with Crippen molar-refractivity contribution < 1.29 is 9.47 Å². The molecule has 1 aliphatic heterocycles. The topological polar surface area (TPSA) is 30.5 Å². The highest BCUT2D eigenvalue weighted by atomic mass is 79.9. The van der Waals surface area contributed by atoms with Crippen molar-refractivity contribution in [3.63, 3.8) is 0 Å². The summed E-state index contributed by atoms with van der Waals surface area (Å²) in [7, 11) is 0. The Kier molecular flexibility index (Phi) is 5.63. The molecule has 100 valence electrons. The largest absolute Gasteiger partial charge is 0.350 e. The number of ether oxygens (including phenoxy) is 2. The molecule has 0 spiro atoms. The first kappa shape index (κ1) is 14.0. The van der Waals surface area contributed by atoms with Gasteiger partial charge in [0.15, 0.2) is 6.29 Å². The molecule has 0 amide bonds. The summed E-state index contributed by atoms with van der Waals surface area (Å²) in [6.07, 6.45) is 1.84. The van der Waals surface area contributed by atoms with Crippen LogP contribution in [0.25, 0.3) is 0 Å². The molecule has 0 aliphatic carbocycles. The van der Waals surface area contributed by atoms with E-state index in [0.717, 1.165) is 32.6 Å². The number of hydrogen-bond acceptors (Lipinski definition) is 3. The summed E-state index contributed by atoms with van der Waals surface area (Å²) in [6.45, 7) is 4.53. The van der Waals surface area contributed by atoms with Crippen molar-refractivity contribution >= 4 is 15.9 Å². The number of rotatable bonds is 6. The Morgan fingerprint density at radius 1 is 1.33 bits per heavy atom. The van der Waals surface area contributed by atoms with E-state index >= 15 is 0 Å². The Balaban J connectivity index is 1.94. The maximum absolute atomic E-state index is 5.52. The molecule has 1 N–H and O–H groups in total. The average Bonchev–Trinajstić information content (AvgIpc) is 2.85. The van der Waals surface area contributed by atoms with E-state index in [1.165, 1.54) is 10.0 Å². The van der Waals surface area contributed by atoms with E-state index in [2.05, 4.69) is 46.4 Å². The zero-order chi connectivity index (χ0) is 12.8. The lowest BCUT2D eigenvalue weighted by molar-refractivity contribution is -0.0525. The molecule has 1 saturated heterocycles. The molecule has 1 fully saturated rings. The number of benzene rings is 1. The molecule has 1 aromatic carbocycles. The van der Waals surface area contributed by atoms with E-state index in [4.69, 9.17) is 9.47 Å². The van der Waals surface area contributed by atoms with Gasteiger partial charge in [-0.25, -0.2) is 0 Å². The van der Waals surface area contributed by atoms with Gasteiger partial charge in [-0.1, -0.05) is 41.1 Å². The molecule has 4 heteroatoms. The quantitative estimate of drug-likeness (QED) is 0.876. The van der Waals surface area contributed by atoms with Gasteiger partial charge in [-0.2, -0.15) is 0 Å². The highest BCUT2D eigenvalue weighted by Crippen LogP contribution is 2.20. The van der Waals surface area contributed by atoms with Gasteiger partial charge >= 0.3 is 0 Å². The van der Waals surface area contributed by atoms with E-state index in [-0.39, 0.29) is 6.29 Å². The third kappa shape index (κ3) is 4.05. The first-order valence-corrected chi connectivity index (χ1v) is 7.29. The molecule has 0 aromatic heterocycles. The Morgan fingerprint density at radius 2 is 2.06 bits per heavy atom. The minimum atomic E-state index is -0.0449. The average molecular weight is 314 g/mol. The molecular formula is C14H20BrNO2. The van der Waals surface area contributed by atoms with E-state index in [1.54, 1.807) is 0 Å². The zero-order valence-corrected chi connectivity index (χ0v) is 12.3. The van der Waals surface area contributed by atoms with Crippen LogP contribution >= 0.6 is 15.9 Å². The summed E-state index contributed by atoms with van der Waals surface area (Å²) in [6, 6.07) is 8.74. The van der Waals surface area contributed by atoms with Crippen molar-refractivity contribution in [2.45, 2.75) is 32.1 Å². The standard InChI is InChI=1S/C14H20BrNO2/c1-2-16-12(10-14-17-7-8-18-14)9-11-5-3-4-6-13(11)15/h3-6,12,14,16H,2,7-10H2,1H3. The van der Waals surface area contributed by atoms with Crippen LogP contribution in [0.15, 0.2) is 28.7 Å². The summed E-state index contributed by atoms with van der Waals surface area (Å²) >= 11 is 3.60.